The predicted molar refractivity (Wildman–Crippen MR) is 51.1 cm³/mol. The van der Waals surface area contributed by atoms with Gasteiger partial charge in [-0.25, -0.2) is 0 Å². The minimum absolute atomic E-state index is 0.515. The Morgan fingerprint density at radius 2 is 2.18 bits per heavy atom. The van der Waals surface area contributed by atoms with Gasteiger partial charge < -0.3 is 4.74 Å². The summed E-state index contributed by atoms with van der Waals surface area (Å²) >= 11 is 1.99. The van der Waals surface area contributed by atoms with Gasteiger partial charge in [-0.2, -0.15) is 11.8 Å². The van der Waals surface area contributed by atoms with Gasteiger partial charge in [0, 0.05) is 11.9 Å². The van der Waals surface area contributed by atoms with Gasteiger partial charge in [0.25, 0.3) is 0 Å². The second-order valence-corrected chi connectivity index (χ2v) is 4.67. The molecule has 2 atom stereocenters. The Kier molecular flexibility index (Phi) is 3.73. The lowest BCUT2D eigenvalue weighted by molar-refractivity contribution is -0.00888. The molecule has 0 aromatic carbocycles. The highest BCUT2D eigenvalue weighted by atomic mass is 32.2. The van der Waals surface area contributed by atoms with Crippen molar-refractivity contribution in [3.05, 3.63) is 0 Å². The Hall–Kier alpha value is 0.310. The predicted octanol–water partition coefficient (Wildman–Crippen LogP) is 2.55. The van der Waals surface area contributed by atoms with Crippen LogP contribution in [-0.2, 0) is 4.74 Å². The Balaban J connectivity index is 2.33. The molecule has 0 spiro atoms. The molecule has 0 amide bonds. The lowest BCUT2D eigenvalue weighted by Gasteiger charge is -2.30. The van der Waals surface area contributed by atoms with Crippen LogP contribution in [0.1, 0.15) is 26.7 Å². The zero-order chi connectivity index (χ0) is 8.27. The van der Waals surface area contributed by atoms with E-state index in [-0.39, 0.29) is 0 Å². The Bertz CT molecular complexity index is 114. The molecule has 66 valence electrons. The minimum atomic E-state index is 0.515. The van der Waals surface area contributed by atoms with Crippen LogP contribution in [-0.4, -0.2) is 24.2 Å². The fourth-order valence-electron chi connectivity index (χ4n) is 1.47. The smallest absolute Gasteiger partial charge is 0.0608 e. The minimum Gasteiger partial charge on any atom is -0.378 e. The Morgan fingerprint density at radius 1 is 1.45 bits per heavy atom. The van der Waals surface area contributed by atoms with Crippen molar-refractivity contribution in [3.8, 4) is 0 Å². The Labute approximate surface area is 73.9 Å². The van der Waals surface area contributed by atoms with E-state index < -0.39 is 0 Å². The van der Waals surface area contributed by atoms with Crippen molar-refractivity contribution in [2.75, 3.05) is 12.9 Å². The highest BCUT2D eigenvalue weighted by Crippen LogP contribution is 2.26. The highest BCUT2D eigenvalue weighted by molar-refractivity contribution is 7.99. The first kappa shape index (κ1) is 9.40. The van der Waals surface area contributed by atoms with Gasteiger partial charge in [0.15, 0.2) is 0 Å². The molecule has 0 N–H and O–H groups in total. The summed E-state index contributed by atoms with van der Waals surface area (Å²) in [7, 11) is 0. The lowest BCUT2D eigenvalue weighted by Crippen LogP contribution is -2.30. The molecule has 0 aliphatic carbocycles. The average molecular weight is 174 g/mol. The maximum atomic E-state index is 5.66. The van der Waals surface area contributed by atoms with Gasteiger partial charge in [-0.05, 0) is 25.0 Å². The van der Waals surface area contributed by atoms with Crippen LogP contribution in [0, 0.1) is 5.92 Å². The summed E-state index contributed by atoms with van der Waals surface area (Å²) in [6, 6.07) is 0. The van der Waals surface area contributed by atoms with E-state index in [9.17, 15) is 0 Å². The van der Waals surface area contributed by atoms with E-state index in [4.69, 9.17) is 4.74 Å². The monoisotopic (exact) mass is 174 g/mol. The van der Waals surface area contributed by atoms with Crippen LogP contribution in [0.5, 0.6) is 0 Å². The van der Waals surface area contributed by atoms with Crippen LogP contribution in [0.4, 0.5) is 0 Å². The fourth-order valence-corrected chi connectivity index (χ4v) is 2.19. The molecule has 1 nitrogen and oxygen atoms in total. The van der Waals surface area contributed by atoms with E-state index in [1.165, 1.54) is 12.8 Å². The molecule has 1 rings (SSSR count). The summed E-state index contributed by atoms with van der Waals surface area (Å²) in [5.41, 5.74) is 0. The molecule has 0 saturated carbocycles. The zero-order valence-corrected chi connectivity index (χ0v) is 8.49. The van der Waals surface area contributed by atoms with Gasteiger partial charge in [-0.15, -0.1) is 0 Å². The first-order chi connectivity index (χ1) is 5.24. The number of hydrogen-bond donors (Lipinski definition) is 0. The van der Waals surface area contributed by atoms with Crippen molar-refractivity contribution >= 4 is 11.8 Å². The quantitative estimate of drug-likeness (QED) is 0.636. The van der Waals surface area contributed by atoms with Crippen molar-refractivity contribution in [2.24, 2.45) is 5.92 Å². The third kappa shape index (κ3) is 2.68. The second kappa shape index (κ2) is 4.36. The molecule has 1 aliphatic heterocycles. The largest absolute Gasteiger partial charge is 0.378 e. The Morgan fingerprint density at radius 3 is 2.73 bits per heavy atom. The maximum absolute atomic E-state index is 5.66. The number of ether oxygens (including phenoxy) is 1. The van der Waals surface area contributed by atoms with Crippen molar-refractivity contribution < 1.29 is 4.74 Å². The van der Waals surface area contributed by atoms with E-state index in [0.29, 0.717) is 12.0 Å². The topological polar surface area (TPSA) is 9.23 Å². The van der Waals surface area contributed by atoms with Crippen LogP contribution in [0.15, 0.2) is 0 Å². The summed E-state index contributed by atoms with van der Waals surface area (Å²) in [6.07, 6.45) is 5.21. The lowest BCUT2D eigenvalue weighted by atomic mass is 9.99. The standard InChI is InChI=1S/C9H18OS/c1-7(2)9-6-8(11-3)4-5-10-9/h7-9H,4-6H2,1-3H3. The van der Waals surface area contributed by atoms with Gasteiger partial charge >= 0.3 is 0 Å². The first-order valence-electron chi connectivity index (χ1n) is 4.38. The number of thioether (sulfide) groups is 1. The SMILES string of the molecule is CSC1CCOC(C(C)C)C1. The third-order valence-corrected chi connectivity index (χ3v) is 3.44. The van der Waals surface area contributed by atoms with Crippen LogP contribution < -0.4 is 0 Å². The molecule has 1 fully saturated rings. The molecule has 0 aromatic heterocycles. The van der Waals surface area contributed by atoms with E-state index in [2.05, 4.69) is 20.1 Å². The molecule has 1 heterocycles. The van der Waals surface area contributed by atoms with E-state index in [1.54, 1.807) is 0 Å². The molecule has 2 unspecified atom stereocenters. The van der Waals surface area contributed by atoms with Crippen molar-refractivity contribution in [3.63, 3.8) is 0 Å². The zero-order valence-electron chi connectivity index (χ0n) is 7.67. The average Bonchev–Trinajstić information content (AvgIpc) is 2.05. The van der Waals surface area contributed by atoms with E-state index in [1.807, 2.05) is 11.8 Å². The number of rotatable bonds is 2. The maximum Gasteiger partial charge on any atom is 0.0608 e. The van der Waals surface area contributed by atoms with Crippen LogP contribution in [0.2, 0.25) is 0 Å². The molecule has 2 heteroatoms. The molecule has 1 aliphatic rings. The fraction of sp³-hybridized carbons (Fsp3) is 1.00. The summed E-state index contributed by atoms with van der Waals surface area (Å²) in [4.78, 5) is 0. The number of hydrogen-bond acceptors (Lipinski definition) is 2. The van der Waals surface area contributed by atoms with Crippen LogP contribution in [0.25, 0.3) is 0 Å². The normalized spacial score (nSPS) is 32.7. The third-order valence-electron chi connectivity index (χ3n) is 2.34. The van der Waals surface area contributed by atoms with Gasteiger partial charge in [0.2, 0.25) is 0 Å². The van der Waals surface area contributed by atoms with Crippen LogP contribution in [0.3, 0.4) is 0 Å². The van der Waals surface area contributed by atoms with Gasteiger partial charge in [-0.3, -0.25) is 0 Å². The molecular formula is C9H18OS. The van der Waals surface area contributed by atoms with E-state index >= 15 is 0 Å². The molecule has 1 saturated heterocycles. The van der Waals surface area contributed by atoms with Crippen LogP contribution >= 0.6 is 11.8 Å². The molecule has 0 bridgehead atoms. The van der Waals surface area contributed by atoms with Crippen molar-refractivity contribution in [2.45, 2.75) is 38.0 Å². The van der Waals surface area contributed by atoms with Gasteiger partial charge in [-0.1, -0.05) is 13.8 Å². The molecule has 0 aromatic rings. The summed E-state index contributed by atoms with van der Waals surface area (Å²) in [6.45, 7) is 5.45. The van der Waals surface area contributed by atoms with Gasteiger partial charge in [0.1, 0.15) is 0 Å². The highest BCUT2D eigenvalue weighted by Gasteiger charge is 2.23. The molecular weight excluding hydrogens is 156 g/mol. The summed E-state index contributed by atoms with van der Waals surface area (Å²) in [5.74, 6) is 0.685. The summed E-state index contributed by atoms with van der Waals surface area (Å²) < 4.78 is 5.66. The van der Waals surface area contributed by atoms with E-state index in [0.717, 1.165) is 11.9 Å². The van der Waals surface area contributed by atoms with Crippen molar-refractivity contribution in [1.82, 2.24) is 0 Å². The second-order valence-electron chi connectivity index (χ2n) is 3.54. The molecule has 0 radical (unpaired) electrons. The summed E-state index contributed by atoms with van der Waals surface area (Å²) in [5, 5.41) is 0.844. The van der Waals surface area contributed by atoms with Gasteiger partial charge in [0.05, 0.1) is 6.10 Å². The van der Waals surface area contributed by atoms with Crippen molar-refractivity contribution in [1.29, 1.82) is 0 Å². The molecule has 11 heavy (non-hydrogen) atoms. The first-order valence-corrected chi connectivity index (χ1v) is 5.67.